The van der Waals surface area contributed by atoms with E-state index in [1.807, 2.05) is 36.4 Å². The van der Waals surface area contributed by atoms with E-state index in [0.717, 1.165) is 0 Å². The predicted molar refractivity (Wildman–Crippen MR) is 57.2 cm³/mol. The van der Waals surface area contributed by atoms with Crippen molar-refractivity contribution in [1.82, 2.24) is 0 Å². The van der Waals surface area contributed by atoms with E-state index in [-0.39, 0.29) is 0 Å². The molecule has 5 heteroatoms. The largest absolute Gasteiger partial charge is 0.427 e. The molecule has 80 valence electrons. The molecule has 0 spiro atoms. The molecule has 0 radical (unpaired) electrons. The molecule has 1 rings (SSSR count). The van der Waals surface area contributed by atoms with Gasteiger partial charge in [0.15, 0.2) is 0 Å². The molecule has 0 saturated carbocycles. The molecule has 4 nitrogen and oxygen atoms in total. The predicted octanol–water partition coefficient (Wildman–Crippen LogP) is 2.87. The Morgan fingerprint density at radius 1 is 1.33 bits per heavy atom. The molecule has 0 aliphatic rings. The number of rotatable bonds is 6. The SMILES string of the molecule is COP(OCCC#N)Oc1ccccc1. The monoisotopic (exact) mass is 225 g/mol. The van der Waals surface area contributed by atoms with Crippen molar-refractivity contribution in [3.8, 4) is 11.8 Å². The first-order chi connectivity index (χ1) is 7.36. The lowest BCUT2D eigenvalue weighted by molar-refractivity contribution is 0.239. The van der Waals surface area contributed by atoms with Gasteiger partial charge in [-0.2, -0.15) is 5.26 Å². The molecule has 0 fully saturated rings. The smallest absolute Gasteiger partial charge is 0.396 e. The second-order valence-corrected chi connectivity index (χ2v) is 3.80. The van der Waals surface area contributed by atoms with Crippen molar-refractivity contribution >= 4 is 8.60 Å². The van der Waals surface area contributed by atoms with Crippen LogP contribution in [-0.4, -0.2) is 13.7 Å². The summed E-state index contributed by atoms with van der Waals surface area (Å²) in [4.78, 5) is 0. The second kappa shape index (κ2) is 7.19. The van der Waals surface area contributed by atoms with E-state index in [0.29, 0.717) is 18.8 Å². The number of nitrogens with zero attached hydrogens (tertiary/aromatic N) is 1. The highest BCUT2D eigenvalue weighted by atomic mass is 31.2. The van der Waals surface area contributed by atoms with Crippen LogP contribution in [0.1, 0.15) is 6.42 Å². The molecule has 0 heterocycles. The van der Waals surface area contributed by atoms with E-state index in [4.69, 9.17) is 18.8 Å². The van der Waals surface area contributed by atoms with Gasteiger partial charge in [-0.3, -0.25) is 0 Å². The van der Waals surface area contributed by atoms with E-state index in [9.17, 15) is 0 Å². The van der Waals surface area contributed by atoms with Crippen molar-refractivity contribution in [3.05, 3.63) is 30.3 Å². The Morgan fingerprint density at radius 3 is 2.67 bits per heavy atom. The summed E-state index contributed by atoms with van der Waals surface area (Å²) in [5, 5.41) is 8.34. The molecule has 1 unspecified atom stereocenters. The van der Waals surface area contributed by atoms with Gasteiger partial charge in [-0.05, 0) is 12.1 Å². The van der Waals surface area contributed by atoms with Crippen LogP contribution in [0.25, 0.3) is 0 Å². The fraction of sp³-hybridized carbons (Fsp3) is 0.300. The summed E-state index contributed by atoms with van der Waals surface area (Å²) in [5.74, 6) is 0.697. The van der Waals surface area contributed by atoms with E-state index in [1.165, 1.54) is 7.11 Å². The second-order valence-electron chi connectivity index (χ2n) is 2.55. The Kier molecular flexibility index (Phi) is 5.72. The Bertz CT molecular complexity index is 312. The summed E-state index contributed by atoms with van der Waals surface area (Å²) < 4.78 is 15.7. The van der Waals surface area contributed by atoms with Crippen LogP contribution in [0.5, 0.6) is 5.75 Å². The Balaban J connectivity index is 2.37. The summed E-state index contributed by atoms with van der Waals surface area (Å²) in [7, 11) is 0.117. The van der Waals surface area contributed by atoms with Crippen molar-refractivity contribution in [3.63, 3.8) is 0 Å². The minimum Gasteiger partial charge on any atom is -0.427 e. The van der Waals surface area contributed by atoms with E-state index in [2.05, 4.69) is 0 Å². The molecule has 0 saturated heterocycles. The molecule has 1 atom stereocenters. The fourth-order valence-corrected chi connectivity index (χ4v) is 1.62. The topological polar surface area (TPSA) is 51.5 Å². The van der Waals surface area contributed by atoms with Gasteiger partial charge in [-0.25, -0.2) is 0 Å². The molecular weight excluding hydrogens is 213 g/mol. The first kappa shape index (κ1) is 11.9. The molecule has 0 aliphatic carbocycles. The maximum Gasteiger partial charge on any atom is 0.396 e. The lowest BCUT2D eigenvalue weighted by Crippen LogP contribution is -1.96. The number of hydrogen-bond acceptors (Lipinski definition) is 4. The van der Waals surface area contributed by atoms with Crippen molar-refractivity contribution in [2.24, 2.45) is 0 Å². The van der Waals surface area contributed by atoms with Crippen LogP contribution in [0, 0.1) is 11.3 Å². The van der Waals surface area contributed by atoms with Crippen LogP contribution in [0.3, 0.4) is 0 Å². The van der Waals surface area contributed by atoms with E-state index >= 15 is 0 Å². The Labute approximate surface area is 90.4 Å². The summed E-state index contributed by atoms with van der Waals surface area (Å²) in [6.45, 7) is 0.322. The molecule has 0 aromatic heterocycles. The first-order valence-electron chi connectivity index (χ1n) is 4.44. The van der Waals surface area contributed by atoms with Crippen LogP contribution in [-0.2, 0) is 9.05 Å². The van der Waals surface area contributed by atoms with Gasteiger partial charge < -0.3 is 13.6 Å². The van der Waals surface area contributed by atoms with Gasteiger partial charge in [0.2, 0.25) is 0 Å². The molecule has 0 amide bonds. The summed E-state index contributed by atoms with van der Waals surface area (Å²) in [5.41, 5.74) is 0. The van der Waals surface area contributed by atoms with E-state index < -0.39 is 8.60 Å². The van der Waals surface area contributed by atoms with Crippen molar-refractivity contribution in [1.29, 1.82) is 5.26 Å². The van der Waals surface area contributed by atoms with Gasteiger partial charge in [0.05, 0.1) is 19.1 Å². The third kappa shape index (κ3) is 4.75. The third-order valence-corrected chi connectivity index (χ3v) is 2.53. The number of hydrogen-bond donors (Lipinski definition) is 0. The molecule has 0 aliphatic heterocycles. The van der Waals surface area contributed by atoms with Crippen LogP contribution < -0.4 is 4.52 Å². The quantitative estimate of drug-likeness (QED) is 0.551. The standard InChI is InChI=1S/C10H12NO3P/c1-12-15(13-9-5-8-11)14-10-6-3-2-4-7-10/h2-4,6-7H,5,9H2,1H3. The van der Waals surface area contributed by atoms with Crippen LogP contribution >= 0.6 is 8.60 Å². The lowest BCUT2D eigenvalue weighted by atomic mass is 10.3. The molecule has 1 aromatic carbocycles. The minimum atomic E-state index is -1.40. The van der Waals surface area contributed by atoms with Gasteiger partial charge in [0.1, 0.15) is 5.75 Å². The molecule has 15 heavy (non-hydrogen) atoms. The normalized spacial score (nSPS) is 11.7. The van der Waals surface area contributed by atoms with Gasteiger partial charge >= 0.3 is 8.60 Å². The average Bonchev–Trinajstić information content (AvgIpc) is 2.29. The highest BCUT2D eigenvalue weighted by molar-refractivity contribution is 7.42. The van der Waals surface area contributed by atoms with Crippen LogP contribution in [0.4, 0.5) is 0 Å². The van der Waals surface area contributed by atoms with Gasteiger partial charge in [0, 0.05) is 7.11 Å². The highest BCUT2D eigenvalue weighted by Crippen LogP contribution is 2.39. The molecule has 0 N–H and O–H groups in total. The summed E-state index contributed by atoms with van der Waals surface area (Å²) in [6, 6.07) is 11.3. The molecule has 1 aromatic rings. The van der Waals surface area contributed by atoms with Crippen LogP contribution in [0.2, 0.25) is 0 Å². The molecule has 0 bridgehead atoms. The Morgan fingerprint density at radius 2 is 2.07 bits per heavy atom. The average molecular weight is 225 g/mol. The van der Waals surface area contributed by atoms with Gasteiger partial charge in [0.25, 0.3) is 0 Å². The number of benzene rings is 1. The zero-order valence-electron chi connectivity index (χ0n) is 8.42. The van der Waals surface area contributed by atoms with Gasteiger partial charge in [-0.15, -0.1) is 0 Å². The minimum absolute atomic E-state index is 0.322. The zero-order valence-corrected chi connectivity index (χ0v) is 9.31. The third-order valence-electron chi connectivity index (χ3n) is 1.48. The van der Waals surface area contributed by atoms with Crippen LogP contribution in [0.15, 0.2) is 30.3 Å². The van der Waals surface area contributed by atoms with Crippen molar-refractivity contribution in [2.45, 2.75) is 6.42 Å². The van der Waals surface area contributed by atoms with Crippen molar-refractivity contribution in [2.75, 3.05) is 13.7 Å². The maximum absolute atomic E-state index is 8.34. The maximum atomic E-state index is 8.34. The number of para-hydroxylation sites is 1. The first-order valence-corrected chi connectivity index (χ1v) is 5.53. The van der Waals surface area contributed by atoms with Crippen molar-refractivity contribution < 1.29 is 13.6 Å². The van der Waals surface area contributed by atoms with E-state index in [1.54, 1.807) is 0 Å². The van der Waals surface area contributed by atoms with Gasteiger partial charge in [-0.1, -0.05) is 18.2 Å². The molecular formula is C10H12NO3P. The summed E-state index contributed by atoms with van der Waals surface area (Å²) in [6.07, 6.45) is 0.334. The highest BCUT2D eigenvalue weighted by Gasteiger charge is 2.11. The summed E-state index contributed by atoms with van der Waals surface area (Å²) >= 11 is 0. The lowest BCUT2D eigenvalue weighted by Gasteiger charge is -2.13. The fourth-order valence-electron chi connectivity index (χ4n) is 0.850. The number of nitriles is 1. The zero-order chi connectivity index (χ0) is 10.9. The Hall–Kier alpha value is -1.14.